The van der Waals surface area contributed by atoms with Crippen LogP contribution in [0.4, 0.5) is 0 Å². The van der Waals surface area contributed by atoms with Crippen LogP contribution in [0.1, 0.15) is 45.7 Å². The highest BCUT2D eigenvalue weighted by Gasteiger charge is 2.43. The summed E-state index contributed by atoms with van der Waals surface area (Å²) in [7, 11) is 0. The Bertz CT molecular complexity index is 1010. The van der Waals surface area contributed by atoms with Crippen molar-refractivity contribution in [1.82, 2.24) is 9.78 Å². The number of carbonyl (C=O) groups is 1. The van der Waals surface area contributed by atoms with Crippen molar-refractivity contribution in [2.24, 2.45) is 0 Å². The third-order valence-corrected chi connectivity index (χ3v) is 6.12. The summed E-state index contributed by atoms with van der Waals surface area (Å²) in [5.74, 6) is 0.719. The van der Waals surface area contributed by atoms with Crippen LogP contribution in [0, 0.1) is 0 Å². The summed E-state index contributed by atoms with van der Waals surface area (Å²) in [5, 5.41) is 4.14. The summed E-state index contributed by atoms with van der Waals surface area (Å²) >= 11 is 3.61. The second-order valence-corrected chi connectivity index (χ2v) is 7.90. The molecular formula is C22H17BrN2O. The fraction of sp³-hybridized carbons (Fsp3) is 0.182. The first-order valence-corrected chi connectivity index (χ1v) is 9.62. The Balaban J connectivity index is 1.64. The van der Waals surface area contributed by atoms with Gasteiger partial charge in [0.25, 0.3) is 5.91 Å². The monoisotopic (exact) mass is 404 g/mol. The quantitative estimate of drug-likeness (QED) is 0.582. The molecule has 0 radical (unpaired) electrons. The molecule has 3 aliphatic rings. The molecule has 3 aromatic rings. The summed E-state index contributed by atoms with van der Waals surface area (Å²) in [6, 6.07) is 18.9. The number of benzene rings is 2. The zero-order chi connectivity index (χ0) is 17.7. The Morgan fingerprint density at radius 3 is 2.69 bits per heavy atom. The van der Waals surface area contributed by atoms with Crippen molar-refractivity contribution in [3.8, 4) is 0 Å². The fourth-order valence-corrected chi connectivity index (χ4v) is 4.87. The number of hydrogen-bond donors (Lipinski definition) is 0. The Morgan fingerprint density at radius 1 is 1.08 bits per heavy atom. The van der Waals surface area contributed by atoms with Gasteiger partial charge in [-0.3, -0.25) is 4.79 Å². The first-order chi connectivity index (χ1) is 12.7. The second-order valence-electron chi connectivity index (χ2n) is 6.98. The molecule has 3 atom stereocenters. The van der Waals surface area contributed by atoms with E-state index in [1.807, 2.05) is 0 Å². The highest BCUT2D eigenvalue weighted by atomic mass is 79.9. The molecule has 3 nitrogen and oxygen atoms in total. The van der Waals surface area contributed by atoms with E-state index in [0.717, 1.165) is 16.5 Å². The molecule has 0 saturated heterocycles. The number of fused-ring (bicyclic) bond motifs is 1. The molecule has 2 aromatic carbocycles. The van der Waals surface area contributed by atoms with Crippen LogP contribution in [0.15, 0.2) is 83.1 Å². The summed E-state index contributed by atoms with van der Waals surface area (Å²) in [6.45, 7) is 0. The molecule has 128 valence electrons. The number of rotatable bonds is 2. The smallest absolute Gasteiger partial charge is 0.267 e. The van der Waals surface area contributed by atoms with Crippen LogP contribution >= 0.6 is 15.9 Å². The van der Waals surface area contributed by atoms with E-state index in [1.54, 1.807) is 18.5 Å². The standard InChI is InChI=1S/C22H17BrN2O/c23-15-7-8-16-18(11-15)20-13-21(22(26)25-10-4-9-24-25)19(16)12-17(20)14-5-2-1-3-6-14/h1-11,13,17,19-20H,12H2. The highest BCUT2D eigenvalue weighted by molar-refractivity contribution is 9.10. The molecule has 1 heterocycles. The van der Waals surface area contributed by atoms with E-state index >= 15 is 0 Å². The van der Waals surface area contributed by atoms with Gasteiger partial charge in [0, 0.05) is 34.3 Å². The molecule has 0 saturated carbocycles. The van der Waals surface area contributed by atoms with E-state index in [2.05, 4.69) is 75.6 Å². The number of aromatic nitrogens is 2. The average molecular weight is 405 g/mol. The van der Waals surface area contributed by atoms with Crippen molar-refractivity contribution in [3.05, 3.63) is 99.8 Å². The van der Waals surface area contributed by atoms with Gasteiger partial charge < -0.3 is 0 Å². The van der Waals surface area contributed by atoms with Gasteiger partial charge in [0.15, 0.2) is 0 Å². The summed E-state index contributed by atoms with van der Waals surface area (Å²) in [6.07, 6.45) is 6.52. The molecule has 0 N–H and O–H groups in total. The lowest BCUT2D eigenvalue weighted by Gasteiger charge is -2.43. The molecule has 2 bridgehead atoms. The van der Waals surface area contributed by atoms with Crippen molar-refractivity contribution >= 4 is 21.8 Å². The van der Waals surface area contributed by atoms with Gasteiger partial charge in [0.1, 0.15) is 0 Å². The predicted octanol–water partition coefficient (Wildman–Crippen LogP) is 5.28. The SMILES string of the molecule is O=C(C1=CC2c3cc(Br)ccc3C1CC2c1ccccc1)n1cccn1. The number of hydrogen-bond acceptors (Lipinski definition) is 2. The molecule has 6 rings (SSSR count). The van der Waals surface area contributed by atoms with Crippen LogP contribution in [0.2, 0.25) is 0 Å². The van der Waals surface area contributed by atoms with Crippen molar-refractivity contribution in [1.29, 1.82) is 0 Å². The van der Waals surface area contributed by atoms with E-state index in [0.29, 0.717) is 5.92 Å². The van der Waals surface area contributed by atoms with E-state index in [4.69, 9.17) is 0 Å². The number of allylic oxidation sites excluding steroid dienone is 2. The van der Waals surface area contributed by atoms with Gasteiger partial charge in [-0.15, -0.1) is 0 Å². The van der Waals surface area contributed by atoms with Crippen LogP contribution in [0.25, 0.3) is 0 Å². The molecule has 0 spiro atoms. The lowest BCUT2D eigenvalue weighted by Crippen LogP contribution is -2.32. The maximum Gasteiger partial charge on any atom is 0.274 e. The molecule has 0 amide bonds. The van der Waals surface area contributed by atoms with E-state index in [9.17, 15) is 4.79 Å². The minimum absolute atomic E-state index is 0.00918. The second kappa shape index (κ2) is 6.06. The van der Waals surface area contributed by atoms with Crippen LogP contribution in [0.3, 0.4) is 0 Å². The highest BCUT2D eigenvalue weighted by Crippen LogP contribution is 2.55. The van der Waals surface area contributed by atoms with Crippen molar-refractivity contribution < 1.29 is 4.79 Å². The third-order valence-electron chi connectivity index (χ3n) is 5.63. The lowest BCUT2D eigenvalue weighted by molar-refractivity contribution is 0.0927. The van der Waals surface area contributed by atoms with Crippen LogP contribution in [-0.2, 0) is 0 Å². The molecule has 4 heteroatoms. The molecule has 3 aliphatic carbocycles. The zero-order valence-corrected chi connectivity index (χ0v) is 15.6. The molecule has 1 aromatic heterocycles. The molecule has 3 unspecified atom stereocenters. The first-order valence-electron chi connectivity index (χ1n) is 8.83. The van der Waals surface area contributed by atoms with Crippen molar-refractivity contribution in [3.63, 3.8) is 0 Å². The Labute approximate surface area is 160 Å². The first kappa shape index (κ1) is 15.8. The van der Waals surface area contributed by atoms with E-state index in [-0.39, 0.29) is 17.7 Å². The predicted molar refractivity (Wildman–Crippen MR) is 104 cm³/mol. The topological polar surface area (TPSA) is 34.9 Å². The lowest BCUT2D eigenvalue weighted by atomic mass is 9.61. The number of nitrogens with zero attached hydrogens (tertiary/aromatic N) is 2. The van der Waals surface area contributed by atoms with Crippen molar-refractivity contribution in [2.45, 2.75) is 24.2 Å². The zero-order valence-electron chi connectivity index (χ0n) is 14.0. The number of halogens is 1. The van der Waals surface area contributed by atoms with E-state index in [1.165, 1.54) is 21.4 Å². The van der Waals surface area contributed by atoms with Gasteiger partial charge in [0.2, 0.25) is 0 Å². The van der Waals surface area contributed by atoms with Crippen LogP contribution in [0.5, 0.6) is 0 Å². The fourth-order valence-electron chi connectivity index (χ4n) is 4.49. The van der Waals surface area contributed by atoms with Crippen LogP contribution < -0.4 is 0 Å². The van der Waals surface area contributed by atoms with Gasteiger partial charge in [-0.05, 0) is 47.2 Å². The molecule has 0 fully saturated rings. The van der Waals surface area contributed by atoms with Crippen molar-refractivity contribution in [2.75, 3.05) is 0 Å². The van der Waals surface area contributed by atoms with Gasteiger partial charge in [0.05, 0.1) is 0 Å². The normalized spacial score (nSPS) is 23.4. The average Bonchev–Trinajstić information content (AvgIpc) is 3.22. The Hall–Kier alpha value is -2.46. The summed E-state index contributed by atoms with van der Waals surface area (Å²) < 4.78 is 2.53. The minimum atomic E-state index is -0.00918. The maximum atomic E-state index is 13.0. The third kappa shape index (κ3) is 2.40. The summed E-state index contributed by atoms with van der Waals surface area (Å²) in [5.41, 5.74) is 4.83. The molecular weight excluding hydrogens is 388 g/mol. The molecule has 0 aliphatic heterocycles. The minimum Gasteiger partial charge on any atom is -0.267 e. The van der Waals surface area contributed by atoms with Gasteiger partial charge in [-0.1, -0.05) is 58.4 Å². The van der Waals surface area contributed by atoms with E-state index < -0.39 is 0 Å². The molecule has 26 heavy (non-hydrogen) atoms. The largest absolute Gasteiger partial charge is 0.274 e. The van der Waals surface area contributed by atoms with Crippen LogP contribution in [-0.4, -0.2) is 15.7 Å². The van der Waals surface area contributed by atoms with Gasteiger partial charge in [-0.25, -0.2) is 4.68 Å². The van der Waals surface area contributed by atoms with Gasteiger partial charge >= 0.3 is 0 Å². The number of carbonyl (C=O) groups excluding carboxylic acids is 1. The van der Waals surface area contributed by atoms with Gasteiger partial charge in [-0.2, -0.15) is 5.10 Å². The Morgan fingerprint density at radius 2 is 1.92 bits per heavy atom. The maximum absolute atomic E-state index is 13.0. The Kier molecular flexibility index (Phi) is 3.68. The summed E-state index contributed by atoms with van der Waals surface area (Å²) in [4.78, 5) is 13.0.